The van der Waals surface area contributed by atoms with Gasteiger partial charge >= 0.3 is 0 Å². The van der Waals surface area contributed by atoms with Gasteiger partial charge in [-0.05, 0) is 89.3 Å². The zero-order valence-corrected chi connectivity index (χ0v) is 13.9. The van der Waals surface area contributed by atoms with Crippen molar-refractivity contribution in [3.8, 4) is 0 Å². The molecule has 0 saturated heterocycles. The Morgan fingerprint density at radius 3 is 2.33 bits per heavy atom. The van der Waals surface area contributed by atoms with Crippen LogP contribution >= 0.6 is 15.9 Å². The number of carbonyl (C=O) groups is 1. The van der Waals surface area contributed by atoms with Crippen LogP contribution in [0.15, 0.2) is 22.9 Å². The summed E-state index contributed by atoms with van der Waals surface area (Å²) in [5.41, 5.74) is 1.41. The Hall–Kier alpha value is -0.700. The highest BCUT2D eigenvalue weighted by molar-refractivity contribution is 9.10. The van der Waals surface area contributed by atoms with Crippen molar-refractivity contribution in [3.63, 3.8) is 0 Å². The van der Waals surface area contributed by atoms with E-state index in [0.29, 0.717) is 17.6 Å². The largest absolute Gasteiger partial charge is 0.299 e. The van der Waals surface area contributed by atoms with Gasteiger partial charge in [-0.2, -0.15) is 0 Å². The zero-order valence-electron chi connectivity index (χ0n) is 12.4. The summed E-state index contributed by atoms with van der Waals surface area (Å²) in [5.74, 6) is 3.20. The van der Waals surface area contributed by atoms with Gasteiger partial charge in [-0.25, -0.2) is 0 Å². The van der Waals surface area contributed by atoms with E-state index in [1.165, 1.54) is 38.5 Å². The number of Topliss-reactive ketones (excluding diaryl/α,β-unsaturated/α-hetero) is 1. The highest BCUT2D eigenvalue weighted by Gasteiger charge is 2.51. The van der Waals surface area contributed by atoms with Crippen molar-refractivity contribution >= 4 is 21.7 Å². The van der Waals surface area contributed by atoms with Gasteiger partial charge in [0.05, 0.1) is 0 Å². The van der Waals surface area contributed by atoms with Gasteiger partial charge < -0.3 is 0 Å². The van der Waals surface area contributed by atoms with E-state index >= 15 is 0 Å². The maximum absolute atomic E-state index is 12.6. The van der Waals surface area contributed by atoms with Crippen molar-refractivity contribution in [1.29, 1.82) is 0 Å². The Bertz CT molecular complexity index is 533. The third-order valence-electron chi connectivity index (χ3n) is 5.90. The van der Waals surface area contributed by atoms with E-state index in [9.17, 15) is 4.79 Å². The summed E-state index contributed by atoms with van der Waals surface area (Å²) in [6.45, 7) is 0. The molecule has 3 heteroatoms. The van der Waals surface area contributed by atoms with Gasteiger partial charge in [-0.1, -0.05) is 0 Å². The van der Waals surface area contributed by atoms with Gasteiger partial charge in [-0.15, -0.1) is 0 Å². The maximum atomic E-state index is 12.6. The number of rotatable bonds is 4. The summed E-state index contributed by atoms with van der Waals surface area (Å²) >= 11 is 3.43. The lowest BCUT2D eigenvalue weighted by Gasteiger charge is -2.56. The topological polar surface area (TPSA) is 30.0 Å². The van der Waals surface area contributed by atoms with Gasteiger partial charge in [0.1, 0.15) is 5.78 Å². The molecule has 112 valence electrons. The van der Waals surface area contributed by atoms with E-state index in [4.69, 9.17) is 0 Å². The fourth-order valence-corrected chi connectivity index (χ4v) is 6.18. The molecule has 4 aliphatic rings. The van der Waals surface area contributed by atoms with Crippen LogP contribution in [0.2, 0.25) is 0 Å². The van der Waals surface area contributed by atoms with E-state index in [2.05, 4.69) is 20.9 Å². The van der Waals surface area contributed by atoms with Crippen LogP contribution in [0.25, 0.3) is 0 Å². The lowest BCUT2D eigenvalue weighted by atomic mass is 9.48. The Morgan fingerprint density at radius 1 is 1.14 bits per heavy atom. The second kappa shape index (κ2) is 5.19. The van der Waals surface area contributed by atoms with Crippen LogP contribution in [0.5, 0.6) is 0 Å². The molecule has 4 aliphatic carbocycles. The van der Waals surface area contributed by atoms with Crippen molar-refractivity contribution in [2.24, 2.45) is 23.2 Å². The average Bonchev–Trinajstić information content (AvgIpc) is 2.35. The molecule has 4 fully saturated rings. The van der Waals surface area contributed by atoms with E-state index in [-0.39, 0.29) is 0 Å². The van der Waals surface area contributed by atoms with Gasteiger partial charge in [0.2, 0.25) is 0 Å². The number of ketones is 1. The van der Waals surface area contributed by atoms with Crippen LogP contribution in [0.4, 0.5) is 0 Å². The first-order valence-electron chi connectivity index (χ1n) is 8.21. The Labute approximate surface area is 134 Å². The van der Waals surface area contributed by atoms with E-state index < -0.39 is 0 Å². The summed E-state index contributed by atoms with van der Waals surface area (Å²) in [5, 5.41) is 0. The van der Waals surface area contributed by atoms with Crippen molar-refractivity contribution < 1.29 is 4.79 Å². The lowest BCUT2D eigenvalue weighted by molar-refractivity contribution is -0.126. The molecule has 0 spiro atoms. The number of nitrogens with zero attached hydrogens (tertiary/aromatic N) is 1. The molecule has 0 N–H and O–H groups in total. The van der Waals surface area contributed by atoms with Crippen LogP contribution in [0.3, 0.4) is 0 Å². The minimum absolute atomic E-state index is 0.366. The molecule has 2 nitrogen and oxygen atoms in total. The average molecular weight is 348 g/mol. The lowest BCUT2D eigenvalue weighted by Crippen LogP contribution is -2.47. The minimum atomic E-state index is 0.366. The van der Waals surface area contributed by atoms with Crippen molar-refractivity contribution in [2.75, 3.05) is 0 Å². The van der Waals surface area contributed by atoms with Gasteiger partial charge in [0.15, 0.2) is 0 Å². The normalized spacial score (nSPS) is 36.9. The number of aromatic nitrogens is 1. The first-order chi connectivity index (χ1) is 10.1. The SMILES string of the molecule is O=C(Cc1cncc(Br)c1)CC12CC3CC(CC(C3)C1)C2. The number of pyridine rings is 1. The van der Waals surface area contributed by atoms with Crippen LogP contribution < -0.4 is 0 Å². The highest BCUT2D eigenvalue weighted by Crippen LogP contribution is 2.61. The molecule has 1 aromatic rings. The van der Waals surface area contributed by atoms with E-state index in [0.717, 1.165) is 34.2 Å². The monoisotopic (exact) mass is 347 g/mol. The first-order valence-corrected chi connectivity index (χ1v) is 9.01. The first kappa shape index (κ1) is 13.9. The molecular weight excluding hydrogens is 326 g/mol. The smallest absolute Gasteiger partial charge is 0.137 e. The number of carbonyl (C=O) groups excluding carboxylic acids is 1. The molecule has 1 heterocycles. The Kier molecular flexibility index (Phi) is 3.44. The van der Waals surface area contributed by atoms with Crippen molar-refractivity contribution in [1.82, 2.24) is 4.98 Å². The van der Waals surface area contributed by atoms with Crippen LogP contribution in [-0.2, 0) is 11.2 Å². The van der Waals surface area contributed by atoms with Crippen LogP contribution in [0.1, 0.15) is 50.5 Å². The van der Waals surface area contributed by atoms with Crippen molar-refractivity contribution in [2.45, 2.75) is 51.4 Å². The number of hydrogen-bond donors (Lipinski definition) is 0. The number of hydrogen-bond acceptors (Lipinski definition) is 2. The summed E-state index contributed by atoms with van der Waals surface area (Å²) in [7, 11) is 0. The maximum Gasteiger partial charge on any atom is 0.137 e. The van der Waals surface area contributed by atoms with Crippen LogP contribution in [0, 0.1) is 23.2 Å². The predicted molar refractivity (Wildman–Crippen MR) is 85.9 cm³/mol. The summed E-state index contributed by atoms with van der Waals surface area (Å²) in [6, 6.07) is 2.02. The molecule has 0 aromatic carbocycles. The van der Waals surface area contributed by atoms with Gasteiger partial charge in [-0.3, -0.25) is 9.78 Å². The molecule has 0 unspecified atom stereocenters. The second-order valence-corrected chi connectivity index (χ2v) is 8.74. The summed E-state index contributed by atoms with van der Waals surface area (Å²) < 4.78 is 0.961. The highest BCUT2D eigenvalue weighted by atomic mass is 79.9. The van der Waals surface area contributed by atoms with Gasteiger partial charge in [0, 0.05) is 29.7 Å². The third kappa shape index (κ3) is 2.81. The molecule has 0 amide bonds. The standard InChI is InChI=1S/C18H22BrNO/c19-16-4-15(10-20-11-16)5-17(21)9-18-6-12-1-13(7-18)3-14(2-12)8-18/h4,10-14H,1-3,5-9H2. The molecular formula is C18H22BrNO. The van der Waals surface area contributed by atoms with E-state index in [1.807, 2.05) is 12.3 Å². The fraction of sp³-hybridized carbons (Fsp3) is 0.667. The van der Waals surface area contributed by atoms with E-state index in [1.54, 1.807) is 6.20 Å². The summed E-state index contributed by atoms with van der Waals surface area (Å²) in [6.07, 6.45) is 13.3. The predicted octanol–water partition coefficient (Wildman–Crippen LogP) is 4.56. The molecule has 5 rings (SSSR count). The molecule has 21 heavy (non-hydrogen) atoms. The van der Waals surface area contributed by atoms with Gasteiger partial charge in [0.25, 0.3) is 0 Å². The zero-order chi connectivity index (χ0) is 14.4. The Morgan fingerprint density at radius 2 is 1.76 bits per heavy atom. The van der Waals surface area contributed by atoms with Crippen LogP contribution in [-0.4, -0.2) is 10.8 Å². The van der Waals surface area contributed by atoms with Crippen molar-refractivity contribution in [3.05, 3.63) is 28.5 Å². The third-order valence-corrected chi connectivity index (χ3v) is 6.33. The quantitative estimate of drug-likeness (QED) is 0.798. The molecule has 0 radical (unpaired) electrons. The molecule has 4 bridgehead atoms. The molecule has 4 saturated carbocycles. The Balaban J connectivity index is 1.45. The second-order valence-electron chi connectivity index (χ2n) is 7.82. The fourth-order valence-electron chi connectivity index (χ4n) is 5.77. The number of halogens is 1. The molecule has 0 aliphatic heterocycles. The summed E-state index contributed by atoms with van der Waals surface area (Å²) in [4.78, 5) is 16.7. The molecule has 0 atom stereocenters. The minimum Gasteiger partial charge on any atom is -0.299 e. The molecule has 1 aromatic heterocycles.